The average Bonchev–Trinajstić information content (AvgIpc) is 2.88. The molecule has 0 saturated carbocycles. The second-order valence-electron chi connectivity index (χ2n) is 4.03. The first-order valence-electron chi connectivity index (χ1n) is 5.63. The van der Waals surface area contributed by atoms with E-state index in [4.69, 9.17) is 5.11 Å². The Kier molecular flexibility index (Phi) is 5.91. The summed E-state index contributed by atoms with van der Waals surface area (Å²) in [6, 6.07) is 0.552. The van der Waals surface area contributed by atoms with Gasteiger partial charge in [0.25, 0.3) is 10.0 Å². The molecule has 0 aliphatic rings. The molecule has 1 heterocycles. The Bertz CT molecular complexity index is 627. The van der Waals surface area contributed by atoms with Gasteiger partial charge in [-0.1, -0.05) is 6.07 Å². The molecule has 0 aliphatic heterocycles. The number of halogens is 3. The van der Waals surface area contributed by atoms with Crippen LogP contribution in [0.4, 0.5) is 13.2 Å². The van der Waals surface area contributed by atoms with Gasteiger partial charge in [0.1, 0.15) is 10.3 Å². The van der Waals surface area contributed by atoms with Crippen LogP contribution in [0.3, 0.4) is 0 Å². The van der Waals surface area contributed by atoms with Crippen molar-refractivity contribution in [2.75, 3.05) is 6.54 Å². The summed E-state index contributed by atoms with van der Waals surface area (Å²) in [5.74, 6) is -3.05. The summed E-state index contributed by atoms with van der Waals surface area (Å²) in [5, 5.41) is 11.7. The van der Waals surface area contributed by atoms with Gasteiger partial charge in [-0.05, 0) is 11.4 Å². The van der Waals surface area contributed by atoms with E-state index in [0.717, 1.165) is 11.3 Å². The van der Waals surface area contributed by atoms with E-state index in [-0.39, 0.29) is 4.21 Å². The van der Waals surface area contributed by atoms with Crippen LogP contribution in [0.15, 0.2) is 21.7 Å². The highest BCUT2D eigenvalue weighted by atomic mass is 32.2. The molecule has 0 bridgehead atoms. The molecule has 1 aromatic heterocycles. The zero-order valence-electron chi connectivity index (χ0n) is 10.8. The molecule has 1 atom stereocenters. The molecule has 0 aromatic carbocycles. The van der Waals surface area contributed by atoms with E-state index in [1.165, 1.54) is 17.5 Å². The van der Waals surface area contributed by atoms with Gasteiger partial charge < -0.3 is 10.4 Å². The normalized spacial score (nSPS) is 13.6. The molecule has 0 radical (unpaired) electrons. The maximum Gasteiger partial charge on any atom is 0.391 e. The van der Waals surface area contributed by atoms with Gasteiger partial charge in [-0.2, -0.15) is 13.2 Å². The van der Waals surface area contributed by atoms with Crippen LogP contribution in [0.1, 0.15) is 6.42 Å². The standard InChI is InChI=1S/C10H11F3N2O5S2/c11-10(12,13)4-6(9(17)18)15-7(16)5-14-22(19,20)8-2-1-3-21-8/h1-3,6,14H,4-5H2,(H,15,16)(H,17,18). The van der Waals surface area contributed by atoms with Gasteiger partial charge in [0.05, 0.1) is 13.0 Å². The van der Waals surface area contributed by atoms with Gasteiger partial charge in [-0.25, -0.2) is 17.9 Å². The Morgan fingerprint density at radius 2 is 2.00 bits per heavy atom. The predicted molar refractivity (Wildman–Crippen MR) is 69.7 cm³/mol. The van der Waals surface area contributed by atoms with Gasteiger partial charge in [-0.3, -0.25) is 4.79 Å². The number of hydrogen-bond donors (Lipinski definition) is 3. The molecule has 1 amide bonds. The van der Waals surface area contributed by atoms with Crippen LogP contribution < -0.4 is 10.0 Å². The van der Waals surface area contributed by atoms with Crippen LogP contribution in [-0.4, -0.2) is 44.2 Å². The number of aliphatic carboxylic acids is 1. The Labute approximate surface area is 127 Å². The maximum absolute atomic E-state index is 12.2. The van der Waals surface area contributed by atoms with E-state index in [1.807, 2.05) is 4.72 Å². The largest absolute Gasteiger partial charge is 0.480 e. The van der Waals surface area contributed by atoms with Gasteiger partial charge >= 0.3 is 12.1 Å². The molecule has 1 rings (SSSR count). The van der Waals surface area contributed by atoms with Gasteiger partial charge in [-0.15, -0.1) is 11.3 Å². The number of nitrogens with one attached hydrogen (secondary N) is 2. The van der Waals surface area contributed by atoms with E-state index in [0.29, 0.717) is 0 Å². The first-order valence-corrected chi connectivity index (χ1v) is 7.99. The molecular weight excluding hydrogens is 349 g/mol. The number of amides is 1. The topological polar surface area (TPSA) is 113 Å². The molecule has 0 aliphatic carbocycles. The van der Waals surface area contributed by atoms with Crippen LogP contribution in [0, 0.1) is 0 Å². The van der Waals surface area contributed by atoms with Crippen molar-refractivity contribution >= 4 is 33.2 Å². The highest BCUT2D eigenvalue weighted by Gasteiger charge is 2.36. The summed E-state index contributed by atoms with van der Waals surface area (Å²) in [4.78, 5) is 22.0. The van der Waals surface area contributed by atoms with Crippen molar-refractivity contribution in [1.82, 2.24) is 10.0 Å². The Morgan fingerprint density at radius 1 is 1.36 bits per heavy atom. The second-order valence-corrected chi connectivity index (χ2v) is 6.98. The summed E-state index contributed by atoms with van der Waals surface area (Å²) in [7, 11) is -3.97. The van der Waals surface area contributed by atoms with Crippen LogP contribution in [0.5, 0.6) is 0 Å². The molecular formula is C10H11F3N2O5S2. The number of hydrogen-bond acceptors (Lipinski definition) is 5. The minimum atomic E-state index is -4.78. The van der Waals surface area contributed by atoms with Gasteiger partial charge in [0.15, 0.2) is 0 Å². The third kappa shape index (κ3) is 5.99. The summed E-state index contributed by atoms with van der Waals surface area (Å²) in [6.45, 7) is -0.873. The number of carboxylic acid groups (broad SMARTS) is 1. The number of carbonyl (C=O) groups is 2. The first kappa shape index (κ1) is 18.4. The first-order chi connectivity index (χ1) is 10.0. The van der Waals surface area contributed by atoms with Crippen LogP contribution in [0.2, 0.25) is 0 Å². The molecule has 1 aromatic rings. The van der Waals surface area contributed by atoms with E-state index < -0.39 is 47.1 Å². The number of rotatable bonds is 7. The van der Waals surface area contributed by atoms with Crippen molar-refractivity contribution in [3.8, 4) is 0 Å². The summed E-state index contributed by atoms with van der Waals surface area (Å²) in [5.41, 5.74) is 0. The monoisotopic (exact) mass is 360 g/mol. The summed E-state index contributed by atoms with van der Waals surface area (Å²) in [6.07, 6.45) is -6.54. The maximum atomic E-state index is 12.2. The van der Waals surface area contributed by atoms with Crippen LogP contribution >= 0.6 is 11.3 Å². The molecule has 0 fully saturated rings. The van der Waals surface area contributed by atoms with E-state index in [9.17, 15) is 31.2 Å². The lowest BCUT2D eigenvalue weighted by atomic mass is 10.2. The number of alkyl halides is 3. The van der Waals surface area contributed by atoms with Gasteiger partial charge in [0.2, 0.25) is 5.91 Å². The lowest BCUT2D eigenvalue weighted by Crippen LogP contribution is -2.47. The Morgan fingerprint density at radius 3 is 2.45 bits per heavy atom. The van der Waals surface area contributed by atoms with E-state index in [1.54, 1.807) is 5.32 Å². The van der Waals surface area contributed by atoms with Crippen molar-refractivity contribution in [3.05, 3.63) is 17.5 Å². The van der Waals surface area contributed by atoms with Crippen LogP contribution in [0.25, 0.3) is 0 Å². The molecule has 7 nitrogen and oxygen atoms in total. The SMILES string of the molecule is O=C(CNS(=O)(=O)c1cccs1)NC(CC(F)(F)F)C(=O)O. The molecule has 12 heteroatoms. The minimum absolute atomic E-state index is 0.0784. The summed E-state index contributed by atoms with van der Waals surface area (Å²) < 4.78 is 61.6. The number of carboxylic acids is 1. The van der Waals surface area contributed by atoms with Crippen molar-refractivity contribution < 1.29 is 36.3 Å². The third-order valence-corrected chi connectivity index (χ3v) is 5.05. The molecule has 124 valence electrons. The fourth-order valence-electron chi connectivity index (χ4n) is 1.32. The quantitative estimate of drug-likeness (QED) is 0.657. The lowest BCUT2D eigenvalue weighted by Gasteiger charge is -2.16. The minimum Gasteiger partial charge on any atom is -0.480 e. The molecule has 0 saturated heterocycles. The zero-order chi connectivity index (χ0) is 17.0. The lowest BCUT2D eigenvalue weighted by molar-refractivity contribution is -0.159. The fraction of sp³-hybridized carbons (Fsp3) is 0.400. The Balaban J connectivity index is 2.60. The zero-order valence-corrected chi connectivity index (χ0v) is 12.4. The van der Waals surface area contributed by atoms with E-state index >= 15 is 0 Å². The molecule has 3 N–H and O–H groups in total. The summed E-state index contributed by atoms with van der Waals surface area (Å²) >= 11 is 0.883. The number of sulfonamides is 1. The highest BCUT2D eigenvalue weighted by Crippen LogP contribution is 2.21. The number of carbonyl (C=O) groups excluding carboxylic acids is 1. The number of thiophene rings is 1. The van der Waals surface area contributed by atoms with Gasteiger partial charge in [0, 0.05) is 0 Å². The van der Waals surface area contributed by atoms with E-state index in [2.05, 4.69) is 0 Å². The molecule has 22 heavy (non-hydrogen) atoms. The highest BCUT2D eigenvalue weighted by molar-refractivity contribution is 7.91. The van der Waals surface area contributed by atoms with Crippen LogP contribution in [-0.2, 0) is 19.6 Å². The second kappa shape index (κ2) is 7.07. The smallest absolute Gasteiger partial charge is 0.391 e. The van der Waals surface area contributed by atoms with Crippen molar-refractivity contribution in [2.24, 2.45) is 0 Å². The fourth-order valence-corrected chi connectivity index (χ4v) is 3.34. The molecule has 0 spiro atoms. The third-order valence-electron chi connectivity index (χ3n) is 2.25. The van der Waals surface area contributed by atoms with Crippen molar-refractivity contribution in [3.63, 3.8) is 0 Å². The van der Waals surface area contributed by atoms with Crippen molar-refractivity contribution in [1.29, 1.82) is 0 Å². The average molecular weight is 360 g/mol. The molecule has 1 unspecified atom stereocenters. The Hall–Kier alpha value is -1.66. The van der Waals surface area contributed by atoms with Crippen molar-refractivity contribution in [2.45, 2.75) is 22.8 Å². The predicted octanol–water partition coefficient (Wildman–Crippen LogP) is 0.548.